The molecule has 4 nitrogen and oxygen atoms in total. The normalized spacial score (nSPS) is 12.5. The number of aliphatic carboxylic acids is 1. The number of carboxylic acids is 1. The maximum Gasteiger partial charge on any atom is 0.305 e. The summed E-state index contributed by atoms with van der Waals surface area (Å²) in [5, 5.41) is 18.2. The molecular weight excluding hydrogens is 194 g/mol. The van der Waals surface area contributed by atoms with Gasteiger partial charge in [0.1, 0.15) is 5.75 Å². The lowest BCUT2D eigenvalue weighted by Gasteiger charge is -2.12. The number of aryl methyl sites for hydroxylation is 1. The molecule has 0 saturated carbocycles. The Labute approximate surface area is 88.3 Å². The van der Waals surface area contributed by atoms with Crippen molar-refractivity contribution in [3.8, 4) is 5.75 Å². The molecule has 0 heterocycles. The first kappa shape index (κ1) is 11.5. The van der Waals surface area contributed by atoms with Gasteiger partial charge >= 0.3 is 5.97 Å². The second-order valence-electron chi connectivity index (χ2n) is 3.69. The van der Waals surface area contributed by atoms with Crippen LogP contribution in [0.2, 0.25) is 0 Å². The monoisotopic (exact) mass is 209 g/mol. The molecule has 4 N–H and O–H groups in total. The molecule has 1 aromatic carbocycles. The summed E-state index contributed by atoms with van der Waals surface area (Å²) >= 11 is 0. The fourth-order valence-electron chi connectivity index (χ4n) is 1.39. The van der Waals surface area contributed by atoms with E-state index in [1.165, 1.54) is 6.07 Å². The molecule has 82 valence electrons. The van der Waals surface area contributed by atoms with Crippen molar-refractivity contribution in [2.45, 2.75) is 26.3 Å². The predicted molar refractivity (Wildman–Crippen MR) is 56.8 cm³/mol. The highest BCUT2D eigenvalue weighted by Gasteiger charge is 2.13. The number of hydrogen-bond acceptors (Lipinski definition) is 3. The maximum absolute atomic E-state index is 10.5. The summed E-state index contributed by atoms with van der Waals surface area (Å²) in [5.41, 5.74) is 8.04. The lowest BCUT2D eigenvalue weighted by atomic mass is 9.99. The summed E-state index contributed by atoms with van der Waals surface area (Å²) in [6, 6.07) is 2.76. The number of phenolic OH excluding ortho intramolecular Hbond substituents is 1. The minimum absolute atomic E-state index is 0.137. The van der Waals surface area contributed by atoms with Crippen LogP contribution in [0.25, 0.3) is 0 Å². The minimum atomic E-state index is -0.944. The Morgan fingerprint density at radius 2 is 2.07 bits per heavy atom. The molecule has 0 aliphatic rings. The van der Waals surface area contributed by atoms with Crippen molar-refractivity contribution >= 4 is 5.97 Å². The zero-order valence-electron chi connectivity index (χ0n) is 8.82. The Balaban J connectivity index is 3.00. The van der Waals surface area contributed by atoms with Crippen molar-refractivity contribution in [1.29, 1.82) is 0 Å². The first-order valence-electron chi connectivity index (χ1n) is 4.69. The van der Waals surface area contributed by atoms with Gasteiger partial charge < -0.3 is 15.9 Å². The highest BCUT2D eigenvalue weighted by atomic mass is 16.4. The van der Waals surface area contributed by atoms with Crippen LogP contribution in [0.3, 0.4) is 0 Å². The summed E-state index contributed by atoms with van der Waals surface area (Å²) < 4.78 is 0. The van der Waals surface area contributed by atoms with Crippen LogP contribution in [-0.2, 0) is 4.79 Å². The van der Waals surface area contributed by atoms with Gasteiger partial charge in [-0.3, -0.25) is 4.79 Å². The number of hydrogen-bond donors (Lipinski definition) is 3. The third-order valence-corrected chi connectivity index (χ3v) is 2.48. The Morgan fingerprint density at radius 1 is 1.47 bits per heavy atom. The molecular formula is C11H15NO3. The van der Waals surface area contributed by atoms with E-state index in [-0.39, 0.29) is 12.2 Å². The quantitative estimate of drug-likeness (QED) is 0.704. The van der Waals surface area contributed by atoms with E-state index >= 15 is 0 Å². The first-order valence-corrected chi connectivity index (χ1v) is 4.69. The van der Waals surface area contributed by atoms with Crippen LogP contribution in [0.15, 0.2) is 12.1 Å². The lowest BCUT2D eigenvalue weighted by molar-refractivity contribution is -0.137. The number of aromatic hydroxyl groups is 1. The van der Waals surface area contributed by atoms with Crippen LogP contribution in [0.5, 0.6) is 5.75 Å². The van der Waals surface area contributed by atoms with Gasteiger partial charge in [0.15, 0.2) is 0 Å². The van der Waals surface area contributed by atoms with E-state index in [9.17, 15) is 9.90 Å². The fraction of sp³-hybridized carbons (Fsp3) is 0.364. The number of phenols is 1. The summed E-state index contributed by atoms with van der Waals surface area (Å²) in [7, 11) is 0. The number of benzene rings is 1. The summed E-state index contributed by atoms with van der Waals surface area (Å²) in [6.07, 6.45) is -0.137. The van der Waals surface area contributed by atoms with E-state index < -0.39 is 12.0 Å². The standard InChI is InChI=1S/C11H15NO3/c1-6-3-8(4-10(13)7(6)2)9(12)5-11(14)15/h3-4,9,13H,5,12H2,1-2H3,(H,14,15). The Morgan fingerprint density at radius 3 is 2.53 bits per heavy atom. The number of nitrogens with two attached hydrogens (primary N) is 1. The second kappa shape index (κ2) is 4.31. The first-order chi connectivity index (χ1) is 6.91. The van der Waals surface area contributed by atoms with E-state index in [1.54, 1.807) is 6.92 Å². The highest BCUT2D eigenvalue weighted by molar-refractivity contribution is 5.68. The molecule has 4 heteroatoms. The largest absolute Gasteiger partial charge is 0.508 e. The molecule has 0 aliphatic heterocycles. The highest BCUT2D eigenvalue weighted by Crippen LogP contribution is 2.25. The number of carbonyl (C=O) groups is 1. The van der Waals surface area contributed by atoms with Crippen molar-refractivity contribution in [1.82, 2.24) is 0 Å². The van der Waals surface area contributed by atoms with E-state index in [0.717, 1.165) is 11.1 Å². The molecule has 0 aliphatic carbocycles. The van der Waals surface area contributed by atoms with Gasteiger partial charge in [0, 0.05) is 6.04 Å². The summed E-state index contributed by atoms with van der Waals surface area (Å²) in [4.78, 5) is 10.5. The maximum atomic E-state index is 10.5. The Bertz CT molecular complexity index is 364. The van der Waals surface area contributed by atoms with Crippen molar-refractivity contribution < 1.29 is 15.0 Å². The molecule has 0 aromatic heterocycles. The van der Waals surface area contributed by atoms with Gasteiger partial charge in [-0.2, -0.15) is 0 Å². The Hall–Kier alpha value is -1.55. The van der Waals surface area contributed by atoms with E-state index in [1.807, 2.05) is 13.0 Å². The lowest BCUT2D eigenvalue weighted by Crippen LogP contribution is -2.15. The molecule has 1 unspecified atom stereocenters. The van der Waals surface area contributed by atoms with Crippen molar-refractivity contribution in [3.05, 3.63) is 28.8 Å². The smallest absolute Gasteiger partial charge is 0.305 e. The van der Waals surface area contributed by atoms with Crippen LogP contribution >= 0.6 is 0 Å². The molecule has 1 atom stereocenters. The van der Waals surface area contributed by atoms with E-state index in [0.29, 0.717) is 5.56 Å². The molecule has 1 aromatic rings. The summed E-state index contributed by atoms with van der Waals surface area (Å²) in [5.74, 6) is -0.786. The fourth-order valence-corrected chi connectivity index (χ4v) is 1.39. The van der Waals surface area contributed by atoms with Crippen LogP contribution < -0.4 is 5.73 Å². The molecule has 0 saturated heterocycles. The van der Waals surface area contributed by atoms with Gasteiger partial charge in [-0.15, -0.1) is 0 Å². The van der Waals surface area contributed by atoms with Gasteiger partial charge in [0.05, 0.1) is 6.42 Å². The second-order valence-corrected chi connectivity index (χ2v) is 3.69. The molecule has 0 spiro atoms. The molecule has 0 bridgehead atoms. The SMILES string of the molecule is Cc1cc(C(N)CC(=O)O)cc(O)c1C. The average molecular weight is 209 g/mol. The van der Waals surface area contributed by atoms with E-state index in [4.69, 9.17) is 10.8 Å². The number of rotatable bonds is 3. The van der Waals surface area contributed by atoms with Crippen LogP contribution in [-0.4, -0.2) is 16.2 Å². The predicted octanol–water partition coefficient (Wildman–Crippen LogP) is 1.48. The van der Waals surface area contributed by atoms with Crippen molar-refractivity contribution in [2.75, 3.05) is 0 Å². The molecule has 1 rings (SSSR count). The molecule has 0 radical (unpaired) electrons. The minimum Gasteiger partial charge on any atom is -0.508 e. The average Bonchev–Trinajstić information content (AvgIpc) is 2.12. The van der Waals surface area contributed by atoms with Crippen LogP contribution in [0, 0.1) is 13.8 Å². The molecule has 0 fully saturated rings. The molecule has 0 amide bonds. The zero-order valence-corrected chi connectivity index (χ0v) is 8.82. The van der Waals surface area contributed by atoms with Crippen molar-refractivity contribution in [2.24, 2.45) is 5.73 Å². The number of carboxylic acid groups (broad SMARTS) is 1. The van der Waals surface area contributed by atoms with Crippen LogP contribution in [0.1, 0.15) is 29.2 Å². The molecule has 15 heavy (non-hydrogen) atoms. The zero-order chi connectivity index (χ0) is 11.6. The van der Waals surface area contributed by atoms with Gasteiger partial charge in [-0.25, -0.2) is 0 Å². The van der Waals surface area contributed by atoms with Gasteiger partial charge in [0.25, 0.3) is 0 Å². The van der Waals surface area contributed by atoms with Crippen molar-refractivity contribution in [3.63, 3.8) is 0 Å². The third kappa shape index (κ3) is 2.70. The van der Waals surface area contributed by atoms with Crippen LogP contribution in [0.4, 0.5) is 0 Å². The van der Waals surface area contributed by atoms with Gasteiger partial charge in [0.2, 0.25) is 0 Å². The topological polar surface area (TPSA) is 83.6 Å². The van der Waals surface area contributed by atoms with Gasteiger partial charge in [-0.05, 0) is 36.6 Å². The summed E-state index contributed by atoms with van der Waals surface area (Å²) in [6.45, 7) is 3.66. The Kier molecular flexibility index (Phi) is 3.31. The third-order valence-electron chi connectivity index (χ3n) is 2.48. The van der Waals surface area contributed by atoms with Gasteiger partial charge in [-0.1, -0.05) is 6.07 Å². The van der Waals surface area contributed by atoms with E-state index in [2.05, 4.69) is 0 Å².